The minimum absolute atomic E-state index is 0.480. The van der Waals surface area contributed by atoms with Gasteiger partial charge in [-0.2, -0.15) is 0 Å². The Labute approximate surface area is 70.2 Å². The van der Waals surface area contributed by atoms with Crippen LogP contribution in [-0.2, 0) is 11.2 Å². The number of hydrogen-bond donors (Lipinski definition) is 0. The van der Waals surface area contributed by atoms with E-state index in [0.29, 0.717) is 11.6 Å². The second-order valence-electron chi connectivity index (χ2n) is 2.19. The molecule has 0 aliphatic heterocycles. The SMILES string of the molecule is O=CCCc1ccnc(Cl)c1. The Morgan fingerprint density at radius 1 is 1.64 bits per heavy atom. The molecule has 1 rings (SSSR count). The van der Waals surface area contributed by atoms with Crippen molar-refractivity contribution < 1.29 is 4.79 Å². The molecule has 0 aromatic carbocycles. The Kier molecular flexibility index (Phi) is 3.05. The lowest BCUT2D eigenvalue weighted by Gasteiger charge is -1.95. The summed E-state index contributed by atoms with van der Waals surface area (Å²) in [6, 6.07) is 3.63. The van der Waals surface area contributed by atoms with Gasteiger partial charge in [-0.05, 0) is 24.1 Å². The molecule has 0 atom stereocenters. The summed E-state index contributed by atoms with van der Waals surface area (Å²) in [7, 11) is 0. The Bertz CT molecular complexity index is 250. The van der Waals surface area contributed by atoms with Crippen LogP contribution in [0.1, 0.15) is 12.0 Å². The van der Waals surface area contributed by atoms with E-state index in [9.17, 15) is 4.79 Å². The monoisotopic (exact) mass is 169 g/mol. The molecule has 0 amide bonds. The zero-order valence-corrected chi connectivity index (χ0v) is 6.71. The van der Waals surface area contributed by atoms with E-state index in [1.165, 1.54) is 0 Å². The van der Waals surface area contributed by atoms with Gasteiger partial charge >= 0.3 is 0 Å². The van der Waals surface area contributed by atoms with E-state index in [1.54, 1.807) is 12.3 Å². The standard InChI is InChI=1S/C8H8ClNO/c9-8-6-7(2-1-5-11)3-4-10-8/h3-6H,1-2H2. The lowest BCUT2D eigenvalue weighted by Crippen LogP contribution is -1.86. The third-order valence-corrected chi connectivity index (χ3v) is 1.55. The Morgan fingerprint density at radius 2 is 2.45 bits per heavy atom. The Hall–Kier alpha value is -0.890. The molecule has 0 aliphatic rings. The Balaban J connectivity index is 2.63. The van der Waals surface area contributed by atoms with Gasteiger partial charge < -0.3 is 4.79 Å². The smallest absolute Gasteiger partial charge is 0.129 e. The summed E-state index contributed by atoms with van der Waals surface area (Å²) in [4.78, 5) is 13.8. The van der Waals surface area contributed by atoms with Crippen LogP contribution in [0.25, 0.3) is 0 Å². The van der Waals surface area contributed by atoms with Crippen LogP contribution in [0.4, 0.5) is 0 Å². The predicted molar refractivity (Wildman–Crippen MR) is 43.6 cm³/mol. The number of rotatable bonds is 3. The molecule has 0 N–H and O–H groups in total. The fourth-order valence-electron chi connectivity index (χ4n) is 0.824. The summed E-state index contributed by atoms with van der Waals surface area (Å²) in [5.74, 6) is 0. The van der Waals surface area contributed by atoms with E-state index in [2.05, 4.69) is 4.98 Å². The molecule has 58 valence electrons. The fraction of sp³-hybridized carbons (Fsp3) is 0.250. The van der Waals surface area contributed by atoms with Crippen LogP contribution in [0.15, 0.2) is 18.3 Å². The molecule has 0 unspecified atom stereocenters. The first-order valence-corrected chi connectivity index (χ1v) is 3.75. The van der Waals surface area contributed by atoms with Crippen LogP contribution in [0.2, 0.25) is 5.15 Å². The molecule has 0 bridgehead atoms. The molecular formula is C8H8ClNO. The van der Waals surface area contributed by atoms with Crippen molar-refractivity contribution >= 4 is 17.9 Å². The normalized spacial score (nSPS) is 9.55. The summed E-state index contributed by atoms with van der Waals surface area (Å²) >= 11 is 5.62. The van der Waals surface area contributed by atoms with Crippen molar-refractivity contribution in [2.75, 3.05) is 0 Å². The second-order valence-corrected chi connectivity index (χ2v) is 2.58. The maximum atomic E-state index is 10.0. The summed E-state index contributed by atoms with van der Waals surface area (Å²) in [6.07, 6.45) is 3.82. The highest BCUT2D eigenvalue weighted by Crippen LogP contribution is 2.07. The van der Waals surface area contributed by atoms with Gasteiger partial charge in [-0.15, -0.1) is 0 Å². The van der Waals surface area contributed by atoms with Gasteiger partial charge in [0.25, 0.3) is 0 Å². The molecule has 2 nitrogen and oxygen atoms in total. The second kappa shape index (κ2) is 4.09. The largest absolute Gasteiger partial charge is 0.303 e. The number of halogens is 1. The average Bonchev–Trinajstić information content (AvgIpc) is 2.01. The van der Waals surface area contributed by atoms with Gasteiger partial charge in [0.1, 0.15) is 11.4 Å². The molecular weight excluding hydrogens is 162 g/mol. The maximum Gasteiger partial charge on any atom is 0.129 e. The third kappa shape index (κ3) is 2.68. The van der Waals surface area contributed by atoms with Gasteiger partial charge in [-0.3, -0.25) is 0 Å². The number of hydrogen-bond acceptors (Lipinski definition) is 2. The van der Waals surface area contributed by atoms with Crippen molar-refractivity contribution in [1.29, 1.82) is 0 Å². The number of carbonyl (C=O) groups is 1. The van der Waals surface area contributed by atoms with Crippen LogP contribution in [-0.4, -0.2) is 11.3 Å². The van der Waals surface area contributed by atoms with Crippen molar-refractivity contribution in [2.24, 2.45) is 0 Å². The van der Waals surface area contributed by atoms with Crippen molar-refractivity contribution in [3.8, 4) is 0 Å². The number of aromatic nitrogens is 1. The molecule has 0 aliphatic carbocycles. The van der Waals surface area contributed by atoms with Crippen LogP contribution in [0.5, 0.6) is 0 Å². The first-order chi connectivity index (χ1) is 5.33. The van der Waals surface area contributed by atoms with Gasteiger partial charge in [0.2, 0.25) is 0 Å². The van der Waals surface area contributed by atoms with Crippen molar-refractivity contribution in [3.63, 3.8) is 0 Å². The molecule has 1 aromatic rings. The van der Waals surface area contributed by atoms with Gasteiger partial charge in [0.05, 0.1) is 0 Å². The lowest BCUT2D eigenvalue weighted by molar-refractivity contribution is -0.107. The first-order valence-electron chi connectivity index (χ1n) is 3.37. The predicted octanol–water partition coefficient (Wildman–Crippen LogP) is 1.87. The molecule has 0 spiro atoms. The molecule has 0 fully saturated rings. The van der Waals surface area contributed by atoms with E-state index in [0.717, 1.165) is 18.3 Å². The number of carbonyl (C=O) groups excluding carboxylic acids is 1. The van der Waals surface area contributed by atoms with Crippen LogP contribution < -0.4 is 0 Å². The highest BCUT2D eigenvalue weighted by Gasteiger charge is 1.93. The van der Waals surface area contributed by atoms with E-state index >= 15 is 0 Å². The summed E-state index contributed by atoms with van der Waals surface area (Å²) < 4.78 is 0. The molecule has 0 saturated heterocycles. The first kappa shape index (κ1) is 8.21. The molecule has 0 saturated carbocycles. The molecule has 11 heavy (non-hydrogen) atoms. The molecule has 3 heteroatoms. The fourth-order valence-corrected chi connectivity index (χ4v) is 1.02. The number of aldehydes is 1. The summed E-state index contributed by atoms with van der Waals surface area (Å²) in [5.41, 5.74) is 1.05. The summed E-state index contributed by atoms with van der Waals surface area (Å²) in [5, 5.41) is 0.480. The van der Waals surface area contributed by atoms with Crippen molar-refractivity contribution in [1.82, 2.24) is 4.98 Å². The average molecular weight is 170 g/mol. The highest BCUT2D eigenvalue weighted by molar-refractivity contribution is 6.29. The Morgan fingerprint density at radius 3 is 3.09 bits per heavy atom. The molecule has 1 aromatic heterocycles. The van der Waals surface area contributed by atoms with Gasteiger partial charge in [0.15, 0.2) is 0 Å². The topological polar surface area (TPSA) is 30.0 Å². The van der Waals surface area contributed by atoms with Gasteiger partial charge in [0, 0.05) is 12.6 Å². The van der Waals surface area contributed by atoms with E-state index in [4.69, 9.17) is 11.6 Å². The number of pyridine rings is 1. The van der Waals surface area contributed by atoms with E-state index in [1.807, 2.05) is 6.07 Å². The van der Waals surface area contributed by atoms with E-state index in [-0.39, 0.29) is 0 Å². The quantitative estimate of drug-likeness (QED) is 0.511. The molecule has 0 radical (unpaired) electrons. The molecule has 1 heterocycles. The van der Waals surface area contributed by atoms with Crippen LogP contribution in [0.3, 0.4) is 0 Å². The number of nitrogens with zero attached hydrogens (tertiary/aromatic N) is 1. The zero-order chi connectivity index (χ0) is 8.10. The lowest BCUT2D eigenvalue weighted by atomic mass is 10.2. The van der Waals surface area contributed by atoms with Gasteiger partial charge in [-0.1, -0.05) is 11.6 Å². The summed E-state index contributed by atoms with van der Waals surface area (Å²) in [6.45, 7) is 0. The maximum absolute atomic E-state index is 10.0. The van der Waals surface area contributed by atoms with Crippen LogP contribution in [0, 0.1) is 0 Å². The highest BCUT2D eigenvalue weighted by atomic mass is 35.5. The van der Waals surface area contributed by atoms with Crippen LogP contribution >= 0.6 is 11.6 Å². The minimum Gasteiger partial charge on any atom is -0.303 e. The van der Waals surface area contributed by atoms with Crippen molar-refractivity contribution in [3.05, 3.63) is 29.0 Å². The van der Waals surface area contributed by atoms with Gasteiger partial charge in [-0.25, -0.2) is 4.98 Å². The third-order valence-electron chi connectivity index (χ3n) is 1.34. The van der Waals surface area contributed by atoms with E-state index < -0.39 is 0 Å². The zero-order valence-electron chi connectivity index (χ0n) is 5.96. The van der Waals surface area contributed by atoms with Crippen molar-refractivity contribution in [2.45, 2.75) is 12.8 Å². The minimum atomic E-state index is 0.480. The number of aryl methyl sites for hydroxylation is 1.